The highest BCUT2D eigenvalue weighted by molar-refractivity contribution is 5.86. The van der Waals surface area contributed by atoms with Crippen molar-refractivity contribution in [1.29, 1.82) is 0 Å². The van der Waals surface area contributed by atoms with Crippen LogP contribution in [-0.4, -0.2) is 5.11 Å². The third-order valence-corrected chi connectivity index (χ3v) is 4.12. The highest BCUT2D eigenvalue weighted by Gasteiger charge is 2.21. The summed E-state index contributed by atoms with van der Waals surface area (Å²) in [5.74, 6) is 0.0157. The number of rotatable bonds is 6. The molecule has 0 bridgehead atoms. The molecule has 2 heteroatoms. The van der Waals surface area contributed by atoms with Crippen LogP contribution >= 0.6 is 0 Å². The first-order chi connectivity index (χ1) is 9.69. The van der Waals surface area contributed by atoms with Crippen molar-refractivity contribution in [2.75, 3.05) is 0 Å². The lowest BCUT2D eigenvalue weighted by molar-refractivity contribution is 0.100. The number of halogens is 1. The van der Waals surface area contributed by atoms with E-state index in [4.69, 9.17) is 0 Å². The minimum atomic E-state index is -0.517. The zero-order valence-electron chi connectivity index (χ0n) is 12.3. The quantitative estimate of drug-likeness (QED) is 0.764. The van der Waals surface area contributed by atoms with Gasteiger partial charge in [-0.1, -0.05) is 63.4 Å². The average molecular weight is 274 g/mol. The first-order valence-corrected chi connectivity index (χ1v) is 7.54. The molecule has 20 heavy (non-hydrogen) atoms. The molecule has 2 aromatic rings. The van der Waals surface area contributed by atoms with Crippen LogP contribution in [0.3, 0.4) is 0 Å². The van der Waals surface area contributed by atoms with Crippen molar-refractivity contribution in [2.24, 2.45) is 5.92 Å². The maximum absolute atomic E-state index is 13.8. The Morgan fingerprint density at radius 2 is 1.75 bits per heavy atom. The van der Waals surface area contributed by atoms with Gasteiger partial charge in [-0.15, -0.1) is 0 Å². The smallest absolute Gasteiger partial charge is 0.131 e. The van der Waals surface area contributed by atoms with Crippen molar-refractivity contribution >= 4 is 10.8 Å². The van der Waals surface area contributed by atoms with Crippen molar-refractivity contribution < 1.29 is 9.50 Å². The Balaban J connectivity index is 2.38. The Morgan fingerprint density at radius 3 is 2.40 bits per heavy atom. The highest BCUT2D eigenvalue weighted by Crippen LogP contribution is 2.34. The maximum atomic E-state index is 13.8. The number of aliphatic hydroxyl groups is 1. The molecule has 0 saturated carbocycles. The molecule has 2 rings (SSSR count). The van der Waals surface area contributed by atoms with Gasteiger partial charge in [-0.25, -0.2) is 4.39 Å². The molecule has 0 aliphatic carbocycles. The Labute approximate surface area is 120 Å². The van der Waals surface area contributed by atoms with E-state index in [0.717, 1.165) is 36.6 Å². The Bertz CT molecular complexity index is 564. The van der Waals surface area contributed by atoms with Crippen LogP contribution in [0.1, 0.15) is 51.2 Å². The fraction of sp³-hybridized carbons (Fsp3) is 0.444. The fourth-order valence-corrected chi connectivity index (χ4v) is 2.85. The van der Waals surface area contributed by atoms with E-state index in [9.17, 15) is 9.50 Å². The second kappa shape index (κ2) is 6.85. The van der Waals surface area contributed by atoms with E-state index in [1.807, 2.05) is 18.2 Å². The Hall–Kier alpha value is -1.41. The van der Waals surface area contributed by atoms with E-state index in [0.29, 0.717) is 5.39 Å². The van der Waals surface area contributed by atoms with Gasteiger partial charge < -0.3 is 5.11 Å². The molecule has 0 aromatic heterocycles. The fourth-order valence-electron chi connectivity index (χ4n) is 2.85. The van der Waals surface area contributed by atoms with Crippen LogP contribution in [-0.2, 0) is 0 Å². The van der Waals surface area contributed by atoms with Crippen LogP contribution < -0.4 is 0 Å². The molecule has 0 aliphatic rings. The third kappa shape index (κ3) is 3.01. The van der Waals surface area contributed by atoms with Gasteiger partial charge in [-0.3, -0.25) is 0 Å². The molecule has 2 aromatic carbocycles. The number of benzene rings is 2. The lowest BCUT2D eigenvalue weighted by atomic mass is 9.87. The molecule has 0 fully saturated rings. The zero-order chi connectivity index (χ0) is 14.5. The van der Waals surface area contributed by atoms with Gasteiger partial charge in [0.05, 0.1) is 6.10 Å². The standard InChI is InChI=1S/C18H23FO/c1-3-5-8-13(4-2)18(20)16-11-12-17(19)15-10-7-6-9-14(15)16/h6-7,9-13,18,20H,3-5,8H2,1-2H3. The monoisotopic (exact) mass is 274 g/mol. The zero-order valence-corrected chi connectivity index (χ0v) is 12.3. The first kappa shape index (κ1) is 15.0. The van der Waals surface area contributed by atoms with E-state index in [1.165, 1.54) is 6.07 Å². The molecule has 0 amide bonds. The summed E-state index contributed by atoms with van der Waals surface area (Å²) >= 11 is 0. The van der Waals surface area contributed by atoms with Crippen LogP contribution in [0.5, 0.6) is 0 Å². The van der Waals surface area contributed by atoms with Crippen LogP contribution in [0.2, 0.25) is 0 Å². The average Bonchev–Trinajstić information content (AvgIpc) is 2.48. The number of unbranched alkanes of at least 4 members (excludes halogenated alkanes) is 1. The van der Waals surface area contributed by atoms with Crippen LogP contribution in [0, 0.1) is 11.7 Å². The van der Waals surface area contributed by atoms with E-state index in [1.54, 1.807) is 12.1 Å². The van der Waals surface area contributed by atoms with Crippen molar-refractivity contribution in [3.05, 3.63) is 47.8 Å². The van der Waals surface area contributed by atoms with E-state index in [-0.39, 0.29) is 11.7 Å². The van der Waals surface area contributed by atoms with Gasteiger partial charge in [0.25, 0.3) is 0 Å². The highest BCUT2D eigenvalue weighted by atomic mass is 19.1. The summed E-state index contributed by atoms with van der Waals surface area (Å²) in [6.45, 7) is 4.27. The minimum absolute atomic E-state index is 0.224. The van der Waals surface area contributed by atoms with E-state index < -0.39 is 6.10 Å². The second-order valence-electron chi connectivity index (χ2n) is 5.44. The van der Waals surface area contributed by atoms with Gasteiger partial charge >= 0.3 is 0 Å². The van der Waals surface area contributed by atoms with Crippen molar-refractivity contribution in [1.82, 2.24) is 0 Å². The third-order valence-electron chi connectivity index (χ3n) is 4.12. The second-order valence-corrected chi connectivity index (χ2v) is 5.44. The number of aliphatic hydroxyl groups excluding tert-OH is 1. The summed E-state index contributed by atoms with van der Waals surface area (Å²) in [6, 6.07) is 10.6. The molecule has 2 unspecified atom stereocenters. The molecule has 1 N–H and O–H groups in total. The van der Waals surface area contributed by atoms with Gasteiger partial charge in [0, 0.05) is 5.39 Å². The van der Waals surface area contributed by atoms with Crippen molar-refractivity contribution in [2.45, 2.75) is 45.6 Å². The topological polar surface area (TPSA) is 20.2 Å². The molecule has 1 nitrogen and oxygen atoms in total. The lowest BCUT2D eigenvalue weighted by Crippen LogP contribution is -2.12. The number of fused-ring (bicyclic) bond motifs is 1. The first-order valence-electron chi connectivity index (χ1n) is 7.54. The number of hydrogen-bond donors (Lipinski definition) is 1. The molecular formula is C18H23FO. The number of hydrogen-bond acceptors (Lipinski definition) is 1. The summed E-state index contributed by atoms with van der Waals surface area (Å²) in [7, 11) is 0. The van der Waals surface area contributed by atoms with Gasteiger partial charge in [-0.05, 0) is 29.4 Å². The lowest BCUT2D eigenvalue weighted by Gasteiger charge is -2.23. The maximum Gasteiger partial charge on any atom is 0.131 e. The molecule has 108 valence electrons. The van der Waals surface area contributed by atoms with E-state index in [2.05, 4.69) is 13.8 Å². The Kier molecular flexibility index (Phi) is 5.13. The molecule has 0 heterocycles. The van der Waals surface area contributed by atoms with Gasteiger partial charge in [0.2, 0.25) is 0 Å². The summed E-state index contributed by atoms with van der Waals surface area (Å²) < 4.78 is 13.8. The van der Waals surface area contributed by atoms with E-state index >= 15 is 0 Å². The SMILES string of the molecule is CCCCC(CC)C(O)c1ccc(F)c2ccccc12. The normalized spacial score (nSPS) is 14.4. The molecule has 0 aliphatic heterocycles. The van der Waals surface area contributed by atoms with Crippen LogP contribution in [0.15, 0.2) is 36.4 Å². The van der Waals surface area contributed by atoms with Gasteiger partial charge in [-0.2, -0.15) is 0 Å². The predicted molar refractivity (Wildman–Crippen MR) is 82.2 cm³/mol. The summed E-state index contributed by atoms with van der Waals surface area (Å²) in [5.41, 5.74) is 0.852. The van der Waals surface area contributed by atoms with Crippen molar-refractivity contribution in [3.63, 3.8) is 0 Å². The molecule has 0 spiro atoms. The molecule has 2 atom stereocenters. The Morgan fingerprint density at radius 1 is 1.05 bits per heavy atom. The summed E-state index contributed by atoms with van der Waals surface area (Å²) in [6.07, 6.45) is 3.69. The predicted octanol–water partition coefficient (Wildman–Crippen LogP) is 5.23. The summed E-state index contributed by atoms with van der Waals surface area (Å²) in [5, 5.41) is 12.1. The van der Waals surface area contributed by atoms with Crippen LogP contribution in [0.4, 0.5) is 4.39 Å². The van der Waals surface area contributed by atoms with Crippen molar-refractivity contribution in [3.8, 4) is 0 Å². The largest absolute Gasteiger partial charge is 0.388 e. The minimum Gasteiger partial charge on any atom is -0.388 e. The molecular weight excluding hydrogens is 251 g/mol. The molecule has 0 saturated heterocycles. The van der Waals surface area contributed by atoms with Gasteiger partial charge in [0.1, 0.15) is 5.82 Å². The van der Waals surface area contributed by atoms with Crippen LogP contribution in [0.25, 0.3) is 10.8 Å². The van der Waals surface area contributed by atoms with Gasteiger partial charge in [0.15, 0.2) is 0 Å². The summed E-state index contributed by atoms with van der Waals surface area (Å²) in [4.78, 5) is 0. The molecule has 0 radical (unpaired) electrons.